The van der Waals surface area contributed by atoms with Crippen LogP contribution in [0.15, 0.2) is 24.3 Å². The number of hydrogen-bond donors (Lipinski definition) is 0. The second-order valence-corrected chi connectivity index (χ2v) is 4.41. The zero-order valence-electron chi connectivity index (χ0n) is 11.3. The van der Waals surface area contributed by atoms with Crippen LogP contribution in [0.1, 0.15) is 60.2 Å². The number of carbonyl (C=O) groups is 2. The van der Waals surface area contributed by atoms with Gasteiger partial charge >= 0.3 is 5.97 Å². The quantitative estimate of drug-likeness (QED) is 0.707. The second kappa shape index (κ2) is 7.56. The van der Waals surface area contributed by atoms with Crippen LogP contribution in [0.4, 0.5) is 0 Å². The van der Waals surface area contributed by atoms with E-state index in [1.807, 2.05) is 6.92 Å². The molecule has 0 bridgehead atoms. The van der Waals surface area contributed by atoms with Crippen molar-refractivity contribution in [1.82, 2.24) is 0 Å². The highest BCUT2D eigenvalue weighted by Crippen LogP contribution is 2.14. The summed E-state index contributed by atoms with van der Waals surface area (Å²) in [4.78, 5) is 22.9. The Kier molecular flexibility index (Phi) is 6.06. The number of carboxylic acid groups (broad SMARTS) is 1. The third kappa shape index (κ3) is 4.39. The van der Waals surface area contributed by atoms with Crippen LogP contribution < -0.4 is 5.11 Å². The van der Waals surface area contributed by atoms with Crippen molar-refractivity contribution in [3.63, 3.8) is 0 Å². The third-order valence-electron chi connectivity index (χ3n) is 2.98. The van der Waals surface area contributed by atoms with Crippen LogP contribution in [0.25, 0.3) is 0 Å². The van der Waals surface area contributed by atoms with Crippen molar-refractivity contribution in [3.8, 4) is 0 Å². The SMILES string of the molecule is CCCCC(CC)OC(=O)c1ccccc1C(=O)[O-]. The minimum Gasteiger partial charge on any atom is -0.545 e. The fourth-order valence-electron chi connectivity index (χ4n) is 1.83. The Balaban J connectivity index is 2.80. The summed E-state index contributed by atoms with van der Waals surface area (Å²) < 4.78 is 5.35. The van der Waals surface area contributed by atoms with Crippen molar-refractivity contribution in [2.75, 3.05) is 0 Å². The molecule has 1 unspecified atom stereocenters. The van der Waals surface area contributed by atoms with Gasteiger partial charge in [-0.15, -0.1) is 0 Å². The van der Waals surface area contributed by atoms with E-state index >= 15 is 0 Å². The van der Waals surface area contributed by atoms with Crippen molar-refractivity contribution in [2.24, 2.45) is 0 Å². The molecule has 0 spiro atoms. The molecule has 0 heterocycles. The maximum Gasteiger partial charge on any atom is 0.339 e. The Morgan fingerprint density at radius 1 is 1.21 bits per heavy atom. The lowest BCUT2D eigenvalue weighted by atomic mass is 10.1. The van der Waals surface area contributed by atoms with Crippen molar-refractivity contribution < 1.29 is 19.4 Å². The van der Waals surface area contributed by atoms with Crippen molar-refractivity contribution >= 4 is 11.9 Å². The van der Waals surface area contributed by atoms with Gasteiger partial charge in [-0.2, -0.15) is 0 Å². The molecule has 1 rings (SSSR count). The van der Waals surface area contributed by atoms with Crippen LogP contribution in [0.2, 0.25) is 0 Å². The summed E-state index contributed by atoms with van der Waals surface area (Å²) in [5.74, 6) is -1.96. The molecule has 0 N–H and O–H groups in total. The van der Waals surface area contributed by atoms with Crippen LogP contribution >= 0.6 is 0 Å². The maximum absolute atomic E-state index is 12.0. The molecule has 4 heteroatoms. The highest BCUT2D eigenvalue weighted by molar-refractivity contribution is 6.01. The van der Waals surface area contributed by atoms with E-state index in [0.717, 1.165) is 25.7 Å². The summed E-state index contributed by atoms with van der Waals surface area (Å²) in [6.45, 7) is 4.01. The highest BCUT2D eigenvalue weighted by Gasteiger charge is 2.17. The number of aromatic carboxylic acids is 1. The van der Waals surface area contributed by atoms with Gasteiger partial charge in [-0.25, -0.2) is 4.79 Å². The maximum atomic E-state index is 12.0. The van der Waals surface area contributed by atoms with Gasteiger partial charge in [0.25, 0.3) is 0 Å². The Hall–Kier alpha value is -1.84. The van der Waals surface area contributed by atoms with Crippen LogP contribution in [-0.4, -0.2) is 18.0 Å². The summed E-state index contributed by atoms with van der Waals surface area (Å²) in [6.07, 6.45) is 3.37. The molecule has 4 nitrogen and oxygen atoms in total. The molecule has 0 amide bonds. The first-order valence-corrected chi connectivity index (χ1v) is 6.61. The Bertz CT molecular complexity index is 440. The van der Waals surface area contributed by atoms with E-state index < -0.39 is 11.9 Å². The first-order chi connectivity index (χ1) is 9.10. The number of rotatable bonds is 7. The summed E-state index contributed by atoms with van der Waals surface area (Å²) in [6, 6.07) is 5.95. The van der Waals surface area contributed by atoms with Gasteiger partial charge in [0.1, 0.15) is 6.10 Å². The molecule has 1 aromatic carbocycles. The minimum absolute atomic E-state index is 0.0532. The van der Waals surface area contributed by atoms with Crippen molar-refractivity contribution in [3.05, 3.63) is 35.4 Å². The lowest BCUT2D eigenvalue weighted by Gasteiger charge is -2.17. The number of hydrogen-bond acceptors (Lipinski definition) is 4. The second-order valence-electron chi connectivity index (χ2n) is 4.41. The molecule has 1 aromatic rings. The molecule has 0 saturated heterocycles. The van der Waals surface area contributed by atoms with Gasteiger partial charge in [0.2, 0.25) is 0 Å². The van der Waals surface area contributed by atoms with Crippen LogP contribution in [0, 0.1) is 0 Å². The van der Waals surface area contributed by atoms with Gasteiger partial charge in [-0.3, -0.25) is 0 Å². The van der Waals surface area contributed by atoms with Gasteiger partial charge in [-0.1, -0.05) is 44.9 Å². The fourth-order valence-corrected chi connectivity index (χ4v) is 1.83. The molecule has 0 aliphatic carbocycles. The zero-order chi connectivity index (χ0) is 14.3. The Labute approximate surface area is 113 Å². The Morgan fingerprint density at radius 3 is 2.37 bits per heavy atom. The van der Waals surface area contributed by atoms with Crippen molar-refractivity contribution in [2.45, 2.75) is 45.6 Å². The van der Waals surface area contributed by atoms with Gasteiger partial charge in [0.05, 0.1) is 11.5 Å². The molecule has 0 radical (unpaired) electrons. The topological polar surface area (TPSA) is 66.4 Å². The molecule has 1 atom stereocenters. The number of unbranched alkanes of at least 4 members (excludes halogenated alkanes) is 1. The summed E-state index contributed by atoms with van der Waals surface area (Å²) in [5, 5.41) is 10.9. The average molecular weight is 263 g/mol. The third-order valence-corrected chi connectivity index (χ3v) is 2.98. The molecule has 0 aromatic heterocycles. The van der Waals surface area contributed by atoms with E-state index in [-0.39, 0.29) is 17.2 Å². The first kappa shape index (κ1) is 15.2. The standard InChI is InChI=1S/C15H20O4/c1-3-5-8-11(4-2)19-15(18)13-10-7-6-9-12(13)14(16)17/h6-7,9-11H,3-5,8H2,1-2H3,(H,16,17)/p-1. The lowest BCUT2D eigenvalue weighted by molar-refractivity contribution is -0.255. The molecule has 104 valence electrons. The monoisotopic (exact) mass is 263 g/mol. The number of esters is 1. The largest absolute Gasteiger partial charge is 0.545 e. The number of ether oxygens (including phenoxy) is 1. The molecular weight excluding hydrogens is 244 g/mol. The first-order valence-electron chi connectivity index (χ1n) is 6.61. The molecule has 0 aliphatic rings. The van der Waals surface area contributed by atoms with E-state index in [1.165, 1.54) is 12.1 Å². The highest BCUT2D eigenvalue weighted by atomic mass is 16.5. The Morgan fingerprint density at radius 2 is 1.84 bits per heavy atom. The predicted octanol–water partition coefficient (Wildman–Crippen LogP) is 2.18. The zero-order valence-corrected chi connectivity index (χ0v) is 11.3. The molecular formula is C15H19O4-. The molecule has 0 aliphatic heterocycles. The predicted molar refractivity (Wildman–Crippen MR) is 69.8 cm³/mol. The minimum atomic E-state index is -1.37. The van der Waals surface area contributed by atoms with Crippen LogP contribution in [0.3, 0.4) is 0 Å². The van der Waals surface area contributed by atoms with Gasteiger partial charge in [-0.05, 0) is 18.9 Å². The van der Waals surface area contributed by atoms with Crippen LogP contribution in [0.5, 0.6) is 0 Å². The normalized spacial score (nSPS) is 11.9. The van der Waals surface area contributed by atoms with Crippen LogP contribution in [-0.2, 0) is 4.74 Å². The average Bonchev–Trinajstić information content (AvgIpc) is 2.43. The number of carbonyl (C=O) groups excluding carboxylic acids is 2. The smallest absolute Gasteiger partial charge is 0.339 e. The molecule has 19 heavy (non-hydrogen) atoms. The summed E-state index contributed by atoms with van der Waals surface area (Å²) in [5.41, 5.74) is -0.0738. The van der Waals surface area contributed by atoms with Gasteiger partial charge < -0.3 is 14.6 Å². The van der Waals surface area contributed by atoms with E-state index in [2.05, 4.69) is 6.92 Å². The van der Waals surface area contributed by atoms with Gasteiger partial charge in [0, 0.05) is 5.56 Å². The van der Waals surface area contributed by atoms with E-state index in [4.69, 9.17) is 4.74 Å². The van der Waals surface area contributed by atoms with E-state index in [0.29, 0.717) is 0 Å². The van der Waals surface area contributed by atoms with E-state index in [9.17, 15) is 14.7 Å². The van der Waals surface area contributed by atoms with Crippen molar-refractivity contribution in [1.29, 1.82) is 0 Å². The molecule has 0 fully saturated rings. The van der Waals surface area contributed by atoms with Gasteiger partial charge in [0.15, 0.2) is 0 Å². The summed E-state index contributed by atoms with van der Waals surface area (Å²) >= 11 is 0. The summed E-state index contributed by atoms with van der Waals surface area (Å²) in [7, 11) is 0. The molecule has 0 saturated carbocycles. The lowest BCUT2D eigenvalue weighted by Crippen LogP contribution is -2.26. The number of carboxylic acids is 1. The fraction of sp³-hybridized carbons (Fsp3) is 0.467. The van der Waals surface area contributed by atoms with E-state index in [1.54, 1.807) is 12.1 Å². The number of benzene rings is 1.